The van der Waals surface area contributed by atoms with Crippen molar-refractivity contribution in [3.63, 3.8) is 0 Å². The first-order chi connectivity index (χ1) is 51.3. The van der Waals surface area contributed by atoms with Gasteiger partial charge in [0.2, 0.25) is 23.7 Å². The summed E-state index contributed by atoms with van der Waals surface area (Å²) in [5.41, 5.74) is 15.0. The third-order valence-electron chi connectivity index (χ3n) is 18.6. The highest BCUT2D eigenvalue weighted by atomic mass is 32.2. The van der Waals surface area contributed by atoms with Crippen molar-refractivity contribution in [1.29, 1.82) is 0 Å². The van der Waals surface area contributed by atoms with E-state index in [4.69, 9.17) is 35.2 Å². The molecule has 2 aliphatic rings. The first kappa shape index (κ1) is 87.5. The number of ketones is 2. The number of aliphatic carboxylic acids is 2. The molecule has 14 N–H and O–H groups in total. The van der Waals surface area contributed by atoms with Gasteiger partial charge in [-0.1, -0.05) is 65.3 Å². The number of aromatic amines is 4. The standard InChI is InChI=1S/C68H88N12O19S2.C6H12.CH4/c1-3-42(59(87)71-24-28-96-30-32-98-65(93)49(16-20-53(83)84)75-61(89)43-10-4-40(5-11-43)8-14-45-35-73-57-55(45)63(91)79-67(69)77-57)37-100-51-18-19-52(51)101-38-47(34-48(82)23-27-95-26-22-39(2)81)60(88)72-25-29-97-31-33-99-66(94)50(17-21-54(85)86)76-62(90)44-12-6-41(7-13-44)9-15-46-36-74-58-56(46)64(92)80-68(70)78-58;1-5-3-4-6(5)2;/h4-7,10-13,35-36,42,47,49-52H,3,8-9,14-34,37-38H2,1-2H3,(H,71,87)(H,72,88)(H,75,89)(H,76,90)(H,83,84)(H,85,86)(H4,69,73,77,79,91)(H4,70,74,78,80,92);5-6H,3-4H2,1-2H3;1H4/t42?,47?,49-,50-,51?,52?;;/m1../s1. The van der Waals surface area contributed by atoms with Crippen molar-refractivity contribution in [1.82, 2.24) is 51.2 Å². The van der Waals surface area contributed by atoms with Gasteiger partial charge in [0.25, 0.3) is 22.9 Å². The lowest BCUT2D eigenvalue weighted by atomic mass is 9.77. The number of anilines is 2. The fourth-order valence-electron chi connectivity index (χ4n) is 11.6. The number of H-pyrrole nitrogens is 4. The van der Waals surface area contributed by atoms with Crippen molar-refractivity contribution in [3.05, 3.63) is 115 Å². The molecule has 8 rings (SSSR count). The number of carbonyl (C=O) groups excluding carboxylic acids is 8. The average Bonchev–Trinajstić information content (AvgIpc) is 1.66. The maximum Gasteiger partial charge on any atom is 0.328 e. The van der Waals surface area contributed by atoms with E-state index < -0.39 is 66.5 Å². The number of carbonyl (C=O) groups is 10. The highest BCUT2D eigenvalue weighted by molar-refractivity contribution is 8.04. The van der Waals surface area contributed by atoms with Gasteiger partial charge in [-0.3, -0.25) is 57.9 Å². The maximum atomic E-state index is 13.7. The molecule has 8 atom stereocenters. The number of rotatable bonds is 47. The van der Waals surface area contributed by atoms with Gasteiger partial charge in [0.15, 0.2) is 0 Å². The Morgan fingerprint density at radius 1 is 0.556 bits per heavy atom. The number of nitrogens with two attached hydrogens (primary N) is 2. The Bertz CT molecular complexity index is 4080. The molecule has 33 heteroatoms. The van der Waals surface area contributed by atoms with E-state index in [2.05, 4.69) is 65.0 Å². The topological polar surface area (TPSA) is 481 Å². The summed E-state index contributed by atoms with van der Waals surface area (Å²) in [6.07, 6.45) is 9.62. The van der Waals surface area contributed by atoms with Crippen LogP contribution in [0, 0.1) is 23.7 Å². The number of carboxylic acid groups (broad SMARTS) is 2. The van der Waals surface area contributed by atoms with Crippen molar-refractivity contribution >= 4 is 117 Å². The predicted octanol–water partition coefficient (Wildman–Crippen LogP) is 6.20. The Morgan fingerprint density at radius 2 is 0.972 bits per heavy atom. The molecular weight excluding hydrogens is 1440 g/mol. The van der Waals surface area contributed by atoms with Crippen LogP contribution in [0.25, 0.3) is 22.1 Å². The Morgan fingerprint density at radius 3 is 1.37 bits per heavy atom. The van der Waals surface area contributed by atoms with Gasteiger partial charge in [-0.2, -0.15) is 33.5 Å². The number of aryl methyl sites for hydroxylation is 4. The first-order valence-corrected chi connectivity index (χ1v) is 38.3. The number of ether oxygens (including phenoxy) is 5. The molecule has 2 aliphatic carbocycles. The van der Waals surface area contributed by atoms with Crippen molar-refractivity contribution in [2.24, 2.45) is 23.7 Å². The summed E-state index contributed by atoms with van der Waals surface area (Å²) >= 11 is 3.27. The zero-order valence-corrected chi connectivity index (χ0v) is 62.5. The van der Waals surface area contributed by atoms with Gasteiger partial charge in [0.05, 0.1) is 56.3 Å². The number of aromatic nitrogens is 6. The SMILES string of the molecule is C.CC1CCC1C.CCC(CSC1CCC1SCC(CC(=O)CCOCCC(C)=O)C(=O)NCCOCCOC(=O)[C@@H](CCC(=O)O)NC(=O)c1ccc(CCc2c[nH]c3nc(N)[nH]c(=O)c23)cc1)C(=O)NCCOCCOC(=O)[C@@H](CCC(=O)O)NC(=O)c1ccc(CCc2c[nH]c3nc(N)[nH]c(=O)c23)cc1. The van der Waals surface area contributed by atoms with Crippen LogP contribution in [0.4, 0.5) is 11.9 Å². The second-order valence-corrected chi connectivity index (χ2v) is 29.2. The van der Waals surface area contributed by atoms with Gasteiger partial charge >= 0.3 is 23.9 Å². The largest absolute Gasteiger partial charge is 0.481 e. The Kier molecular flexibility index (Phi) is 36.8. The summed E-state index contributed by atoms with van der Waals surface area (Å²) in [6, 6.07) is 10.7. The molecule has 4 aromatic heterocycles. The highest BCUT2D eigenvalue weighted by Gasteiger charge is 2.35. The number of carboxylic acids is 2. The maximum absolute atomic E-state index is 13.7. The summed E-state index contributed by atoms with van der Waals surface area (Å²) in [4.78, 5) is 171. The van der Waals surface area contributed by atoms with E-state index in [0.29, 0.717) is 65.7 Å². The molecule has 6 aromatic rings. The van der Waals surface area contributed by atoms with Gasteiger partial charge in [0.1, 0.15) is 48.2 Å². The molecule has 0 bridgehead atoms. The van der Waals surface area contributed by atoms with E-state index in [-0.39, 0.29) is 179 Å². The van der Waals surface area contributed by atoms with Crippen LogP contribution < -0.4 is 43.9 Å². The third kappa shape index (κ3) is 28.9. The normalized spacial score (nSPS) is 16.1. The van der Waals surface area contributed by atoms with Gasteiger partial charge in [-0.15, -0.1) is 0 Å². The van der Waals surface area contributed by atoms with Crippen LogP contribution in [0.15, 0.2) is 70.5 Å². The molecule has 108 heavy (non-hydrogen) atoms. The van der Waals surface area contributed by atoms with Gasteiger partial charge in [-0.05, 0) is 123 Å². The number of hydrogen-bond acceptors (Lipinski definition) is 23. The Labute approximate surface area is 634 Å². The minimum Gasteiger partial charge on any atom is -0.481 e. The minimum atomic E-state index is -1.29. The molecule has 4 heterocycles. The number of nitrogen functional groups attached to an aromatic ring is 2. The van der Waals surface area contributed by atoms with Crippen LogP contribution in [0.1, 0.15) is 155 Å². The molecule has 0 radical (unpaired) electrons. The number of nitrogens with one attached hydrogen (secondary N) is 8. The first-order valence-electron chi connectivity index (χ1n) is 36.2. The van der Waals surface area contributed by atoms with E-state index in [0.717, 1.165) is 46.9 Å². The molecule has 0 spiro atoms. The van der Waals surface area contributed by atoms with Gasteiger partial charge in [-0.25, -0.2) is 9.59 Å². The number of esters is 2. The molecule has 6 unspecified atom stereocenters. The summed E-state index contributed by atoms with van der Waals surface area (Å²) < 4.78 is 27.4. The molecule has 0 saturated heterocycles. The molecular formula is C75H104N12O19S2. The smallest absolute Gasteiger partial charge is 0.328 e. The summed E-state index contributed by atoms with van der Waals surface area (Å²) in [5.74, 6) is -4.12. The lowest BCUT2D eigenvalue weighted by Crippen LogP contribution is -2.42. The summed E-state index contributed by atoms with van der Waals surface area (Å²) in [6.45, 7) is 8.07. The van der Waals surface area contributed by atoms with Crippen LogP contribution in [0.2, 0.25) is 0 Å². The fraction of sp³-hybridized carbons (Fsp3) is 0.547. The van der Waals surface area contributed by atoms with Crippen molar-refractivity contribution in [2.75, 3.05) is 88.9 Å². The Hall–Kier alpha value is -9.44. The van der Waals surface area contributed by atoms with Gasteiger partial charge in [0, 0.05) is 96.6 Å². The average molecular weight is 1540 g/mol. The van der Waals surface area contributed by atoms with Crippen molar-refractivity contribution in [3.8, 4) is 0 Å². The lowest BCUT2D eigenvalue weighted by Gasteiger charge is -2.37. The van der Waals surface area contributed by atoms with Gasteiger partial charge < -0.3 is 76.6 Å². The van der Waals surface area contributed by atoms with E-state index >= 15 is 0 Å². The number of thioether (sulfide) groups is 2. The molecule has 2 saturated carbocycles. The van der Waals surface area contributed by atoms with Crippen molar-refractivity contribution < 1.29 is 81.8 Å². The summed E-state index contributed by atoms with van der Waals surface area (Å²) in [7, 11) is 0. The van der Waals surface area contributed by atoms with E-state index in [1.165, 1.54) is 19.8 Å². The van der Waals surface area contributed by atoms with E-state index in [1.54, 1.807) is 84.4 Å². The van der Waals surface area contributed by atoms with Crippen LogP contribution in [0.5, 0.6) is 0 Å². The lowest BCUT2D eigenvalue weighted by molar-refractivity contribution is -0.149. The van der Waals surface area contributed by atoms with Crippen molar-refractivity contribution in [2.45, 2.75) is 160 Å². The molecule has 4 amide bonds. The Balaban J connectivity index is 0.00000248. The number of nitrogens with zero attached hydrogens (tertiary/aromatic N) is 2. The molecule has 2 aromatic carbocycles. The predicted molar refractivity (Wildman–Crippen MR) is 409 cm³/mol. The molecule has 31 nitrogen and oxygen atoms in total. The van der Waals surface area contributed by atoms with Crippen LogP contribution in [-0.2, 0) is 87.7 Å². The monoisotopic (exact) mass is 1540 g/mol. The highest BCUT2D eigenvalue weighted by Crippen LogP contribution is 2.42. The molecule has 2 fully saturated rings. The van der Waals surface area contributed by atoms with Crippen LogP contribution >= 0.6 is 23.5 Å². The third-order valence-corrected chi connectivity index (χ3v) is 22.0. The number of hydrogen-bond donors (Lipinski definition) is 12. The molecule has 590 valence electrons. The number of amides is 4. The van der Waals surface area contributed by atoms with E-state index in [1.807, 2.05) is 6.92 Å². The number of Topliss-reactive ketones (excluding diaryl/α,β-unsaturated/α-hetero) is 2. The van der Waals surface area contributed by atoms with Crippen LogP contribution in [0.3, 0.4) is 0 Å². The second-order valence-electron chi connectivity index (χ2n) is 26.6. The summed E-state index contributed by atoms with van der Waals surface area (Å²) in [5, 5.41) is 30.7. The number of benzene rings is 2. The molecule has 0 aliphatic heterocycles. The zero-order valence-electron chi connectivity index (χ0n) is 60.9. The van der Waals surface area contributed by atoms with Crippen LogP contribution in [-0.4, -0.2) is 199 Å². The fourth-order valence-corrected chi connectivity index (χ4v) is 15.0. The quantitative estimate of drug-likeness (QED) is 0.0149. The minimum absolute atomic E-state index is 0. The second kappa shape index (κ2) is 45.4. The number of fused-ring (bicyclic) bond motifs is 2. The zero-order chi connectivity index (χ0) is 77.4. The van der Waals surface area contributed by atoms with E-state index in [9.17, 15) is 67.7 Å².